The molecule has 1 aromatic carbocycles. The van der Waals surface area contributed by atoms with Gasteiger partial charge in [-0.25, -0.2) is 15.0 Å². The number of aromatic nitrogens is 4. The predicted octanol–water partition coefficient (Wildman–Crippen LogP) is 3.87. The first-order valence-electron chi connectivity index (χ1n) is 9.75. The van der Waals surface area contributed by atoms with Crippen molar-refractivity contribution < 1.29 is 0 Å². The highest BCUT2D eigenvalue weighted by atomic mass is 15.1. The molecule has 0 amide bonds. The number of likely N-dealkylation sites (tertiary alicyclic amines) is 1. The van der Waals surface area contributed by atoms with Crippen LogP contribution in [-0.4, -0.2) is 37.5 Å². The quantitative estimate of drug-likeness (QED) is 0.692. The Bertz CT molecular complexity index is 884. The van der Waals surface area contributed by atoms with Gasteiger partial charge in [0, 0.05) is 55.5 Å². The summed E-state index contributed by atoms with van der Waals surface area (Å²) >= 11 is 0. The number of benzene rings is 1. The zero-order chi connectivity index (χ0) is 18.6. The standard InChI is InChI=1S/C22H27N5/c1-17-5-3-7-21(11-17)22-24-12-20(13-25-22)15-26-9-4-6-19(14-26)16-27-10-8-23-18(27)2/h3,5,7-8,10-13,19H,4,6,9,14-16H2,1-2H3. The molecule has 3 aromatic rings. The number of hydrogen-bond acceptors (Lipinski definition) is 4. The molecule has 0 bridgehead atoms. The molecule has 0 saturated carbocycles. The molecule has 1 fully saturated rings. The second kappa shape index (κ2) is 8.01. The molecule has 5 heteroatoms. The molecule has 27 heavy (non-hydrogen) atoms. The third-order valence-electron chi connectivity index (χ3n) is 5.37. The Balaban J connectivity index is 1.38. The highest BCUT2D eigenvalue weighted by Gasteiger charge is 2.21. The third-order valence-corrected chi connectivity index (χ3v) is 5.37. The molecule has 3 heterocycles. The highest BCUT2D eigenvalue weighted by Crippen LogP contribution is 2.21. The molecular weight excluding hydrogens is 334 g/mol. The van der Waals surface area contributed by atoms with Crippen molar-refractivity contribution in [3.05, 3.63) is 66.0 Å². The minimum atomic E-state index is 0.680. The number of rotatable bonds is 5. The number of aryl methyl sites for hydroxylation is 2. The fourth-order valence-corrected chi connectivity index (χ4v) is 3.95. The SMILES string of the molecule is Cc1cccc(-c2ncc(CN3CCCC(Cn4ccnc4C)C3)cn2)c1. The van der Waals surface area contributed by atoms with Gasteiger partial charge in [-0.3, -0.25) is 4.90 Å². The van der Waals surface area contributed by atoms with Gasteiger partial charge < -0.3 is 4.57 Å². The van der Waals surface area contributed by atoms with E-state index in [-0.39, 0.29) is 0 Å². The zero-order valence-corrected chi connectivity index (χ0v) is 16.2. The van der Waals surface area contributed by atoms with Crippen molar-refractivity contribution in [1.29, 1.82) is 0 Å². The lowest BCUT2D eigenvalue weighted by molar-refractivity contribution is 0.155. The summed E-state index contributed by atoms with van der Waals surface area (Å²) in [5.41, 5.74) is 3.49. The van der Waals surface area contributed by atoms with Crippen LogP contribution in [0.25, 0.3) is 11.4 Å². The Kier molecular flexibility index (Phi) is 5.30. The normalized spacial score (nSPS) is 17.9. The van der Waals surface area contributed by atoms with Gasteiger partial charge in [-0.1, -0.05) is 23.8 Å². The maximum absolute atomic E-state index is 4.60. The van der Waals surface area contributed by atoms with Crippen LogP contribution in [0.1, 0.15) is 29.8 Å². The fourth-order valence-electron chi connectivity index (χ4n) is 3.95. The number of piperidine rings is 1. The molecule has 0 aliphatic carbocycles. The van der Waals surface area contributed by atoms with E-state index in [1.807, 2.05) is 18.6 Å². The molecule has 0 N–H and O–H groups in total. The molecule has 5 nitrogen and oxygen atoms in total. The van der Waals surface area contributed by atoms with E-state index in [0.29, 0.717) is 5.92 Å². The van der Waals surface area contributed by atoms with Crippen LogP contribution in [0.4, 0.5) is 0 Å². The number of nitrogens with zero attached hydrogens (tertiary/aromatic N) is 5. The minimum absolute atomic E-state index is 0.680. The van der Waals surface area contributed by atoms with Gasteiger partial charge in [-0.05, 0) is 45.2 Å². The van der Waals surface area contributed by atoms with Crippen LogP contribution in [0.3, 0.4) is 0 Å². The molecule has 140 valence electrons. The lowest BCUT2D eigenvalue weighted by Gasteiger charge is -2.33. The van der Waals surface area contributed by atoms with Crippen LogP contribution in [-0.2, 0) is 13.1 Å². The molecule has 1 unspecified atom stereocenters. The summed E-state index contributed by atoms with van der Waals surface area (Å²) in [7, 11) is 0. The smallest absolute Gasteiger partial charge is 0.159 e. The second-order valence-corrected chi connectivity index (χ2v) is 7.65. The summed E-state index contributed by atoms with van der Waals surface area (Å²) < 4.78 is 2.27. The topological polar surface area (TPSA) is 46.8 Å². The van der Waals surface area contributed by atoms with E-state index in [9.17, 15) is 0 Å². The first kappa shape index (κ1) is 17.9. The average molecular weight is 361 g/mol. The van der Waals surface area contributed by atoms with E-state index >= 15 is 0 Å². The number of hydrogen-bond donors (Lipinski definition) is 0. The van der Waals surface area contributed by atoms with E-state index in [1.165, 1.54) is 24.0 Å². The zero-order valence-electron chi connectivity index (χ0n) is 16.2. The van der Waals surface area contributed by atoms with Crippen LogP contribution in [0.15, 0.2) is 49.1 Å². The van der Waals surface area contributed by atoms with Crippen molar-refractivity contribution in [3.8, 4) is 11.4 Å². The van der Waals surface area contributed by atoms with Crippen LogP contribution in [0.2, 0.25) is 0 Å². The van der Waals surface area contributed by atoms with E-state index in [4.69, 9.17) is 0 Å². The molecule has 1 atom stereocenters. The third kappa shape index (κ3) is 4.42. The van der Waals surface area contributed by atoms with Crippen molar-refractivity contribution in [2.24, 2.45) is 5.92 Å². The summed E-state index contributed by atoms with van der Waals surface area (Å²) in [6.07, 6.45) is 10.5. The molecule has 0 spiro atoms. The summed E-state index contributed by atoms with van der Waals surface area (Å²) in [5.74, 6) is 2.58. The Labute approximate surface area is 161 Å². The summed E-state index contributed by atoms with van der Waals surface area (Å²) in [6.45, 7) is 8.43. The second-order valence-electron chi connectivity index (χ2n) is 7.65. The molecular formula is C22H27N5. The van der Waals surface area contributed by atoms with Crippen molar-refractivity contribution in [2.75, 3.05) is 13.1 Å². The maximum atomic E-state index is 4.60. The van der Waals surface area contributed by atoms with Gasteiger partial charge in [0.25, 0.3) is 0 Å². The van der Waals surface area contributed by atoms with Gasteiger partial charge >= 0.3 is 0 Å². The van der Waals surface area contributed by atoms with Gasteiger partial charge in [0.1, 0.15) is 5.82 Å². The molecule has 1 saturated heterocycles. The lowest BCUT2D eigenvalue weighted by Crippen LogP contribution is -2.36. The maximum Gasteiger partial charge on any atom is 0.159 e. The average Bonchev–Trinajstić information content (AvgIpc) is 3.07. The highest BCUT2D eigenvalue weighted by molar-refractivity contribution is 5.55. The largest absolute Gasteiger partial charge is 0.335 e. The first-order valence-corrected chi connectivity index (χ1v) is 9.75. The van der Waals surface area contributed by atoms with Gasteiger partial charge in [0.15, 0.2) is 5.82 Å². The minimum Gasteiger partial charge on any atom is -0.335 e. The van der Waals surface area contributed by atoms with E-state index in [1.54, 1.807) is 0 Å². The molecule has 4 rings (SSSR count). The summed E-state index contributed by atoms with van der Waals surface area (Å²) in [4.78, 5) is 16.1. The van der Waals surface area contributed by atoms with Crippen LogP contribution >= 0.6 is 0 Å². The van der Waals surface area contributed by atoms with Crippen molar-refractivity contribution in [1.82, 2.24) is 24.4 Å². The molecule has 2 aromatic heterocycles. The first-order chi connectivity index (χ1) is 13.2. The Morgan fingerprint density at radius 2 is 1.96 bits per heavy atom. The Morgan fingerprint density at radius 1 is 1.11 bits per heavy atom. The van der Waals surface area contributed by atoms with E-state index in [0.717, 1.165) is 43.4 Å². The van der Waals surface area contributed by atoms with E-state index < -0.39 is 0 Å². The van der Waals surface area contributed by atoms with Crippen molar-refractivity contribution in [2.45, 2.75) is 39.8 Å². The van der Waals surface area contributed by atoms with Crippen LogP contribution in [0, 0.1) is 19.8 Å². The van der Waals surface area contributed by atoms with E-state index in [2.05, 4.69) is 68.7 Å². The van der Waals surface area contributed by atoms with Crippen molar-refractivity contribution in [3.63, 3.8) is 0 Å². The Morgan fingerprint density at radius 3 is 2.70 bits per heavy atom. The van der Waals surface area contributed by atoms with Gasteiger partial charge in [0.05, 0.1) is 0 Å². The number of imidazole rings is 1. The summed E-state index contributed by atoms with van der Waals surface area (Å²) in [5, 5.41) is 0. The fraction of sp³-hybridized carbons (Fsp3) is 0.409. The van der Waals surface area contributed by atoms with Gasteiger partial charge in [0.2, 0.25) is 0 Å². The predicted molar refractivity (Wildman–Crippen MR) is 107 cm³/mol. The molecule has 1 aliphatic heterocycles. The monoisotopic (exact) mass is 361 g/mol. The van der Waals surface area contributed by atoms with Crippen LogP contribution < -0.4 is 0 Å². The van der Waals surface area contributed by atoms with Crippen LogP contribution in [0.5, 0.6) is 0 Å². The summed E-state index contributed by atoms with van der Waals surface area (Å²) in [6, 6.07) is 8.34. The van der Waals surface area contributed by atoms with Gasteiger partial charge in [-0.2, -0.15) is 0 Å². The molecule has 1 aliphatic rings. The van der Waals surface area contributed by atoms with Crippen molar-refractivity contribution >= 4 is 0 Å². The van der Waals surface area contributed by atoms with Gasteiger partial charge in [-0.15, -0.1) is 0 Å². The lowest BCUT2D eigenvalue weighted by atomic mass is 9.97. The Hall–Kier alpha value is -2.53. The molecule has 0 radical (unpaired) electrons.